The highest BCUT2D eigenvalue weighted by molar-refractivity contribution is 6.83. The number of rotatable bonds is 11. The lowest BCUT2D eigenvalue weighted by Crippen LogP contribution is -2.41. The maximum Gasteiger partial charge on any atom is 0.131 e. The SMILES string of the molecule is C=C[Si](C)(COCCC1CCCCC1)COCCC1CCCCC1. The van der Waals surface area contributed by atoms with Crippen LogP contribution in [0.25, 0.3) is 0 Å². The van der Waals surface area contributed by atoms with E-state index in [0.29, 0.717) is 0 Å². The van der Waals surface area contributed by atoms with Crippen molar-refractivity contribution in [2.24, 2.45) is 11.8 Å². The minimum Gasteiger partial charge on any atom is -0.384 e. The summed E-state index contributed by atoms with van der Waals surface area (Å²) in [5.74, 6) is 1.84. The molecular formula is C21H40O2Si. The predicted octanol–water partition coefficient (Wildman–Crippen LogP) is 5.84. The third-order valence-corrected chi connectivity index (χ3v) is 8.86. The quantitative estimate of drug-likeness (QED) is 0.343. The fraction of sp³-hybridized carbons (Fsp3) is 0.905. The van der Waals surface area contributed by atoms with Gasteiger partial charge in [-0.15, -0.1) is 6.58 Å². The van der Waals surface area contributed by atoms with Crippen LogP contribution < -0.4 is 0 Å². The number of hydrogen-bond acceptors (Lipinski definition) is 2. The highest BCUT2D eigenvalue weighted by Crippen LogP contribution is 2.27. The molecule has 0 aromatic rings. The first-order valence-electron chi connectivity index (χ1n) is 10.5. The maximum absolute atomic E-state index is 6.05. The molecule has 140 valence electrons. The summed E-state index contributed by atoms with van der Waals surface area (Å²) in [4.78, 5) is 0. The molecule has 0 amide bonds. The van der Waals surface area contributed by atoms with E-state index in [4.69, 9.17) is 9.47 Å². The van der Waals surface area contributed by atoms with E-state index in [1.807, 2.05) is 0 Å². The maximum atomic E-state index is 6.05. The number of ether oxygens (including phenoxy) is 2. The Morgan fingerprint density at radius 3 is 1.58 bits per heavy atom. The smallest absolute Gasteiger partial charge is 0.131 e. The highest BCUT2D eigenvalue weighted by atomic mass is 28.3. The Bertz CT molecular complexity index is 307. The minimum absolute atomic E-state index is 0.882. The molecule has 2 rings (SSSR count). The van der Waals surface area contributed by atoms with E-state index in [1.54, 1.807) is 0 Å². The normalized spacial score (nSPS) is 21.0. The van der Waals surface area contributed by atoms with Gasteiger partial charge >= 0.3 is 0 Å². The second-order valence-corrected chi connectivity index (χ2v) is 12.8. The van der Waals surface area contributed by atoms with Crippen molar-refractivity contribution in [2.75, 3.05) is 25.7 Å². The molecule has 0 heterocycles. The molecule has 3 heteroatoms. The van der Waals surface area contributed by atoms with Crippen molar-refractivity contribution in [2.45, 2.75) is 83.6 Å². The molecule has 0 spiro atoms. The van der Waals surface area contributed by atoms with Gasteiger partial charge in [0, 0.05) is 25.7 Å². The Hall–Kier alpha value is -0.123. The van der Waals surface area contributed by atoms with Crippen LogP contribution in [0, 0.1) is 11.8 Å². The summed E-state index contributed by atoms with van der Waals surface area (Å²) in [6, 6.07) is 0. The van der Waals surface area contributed by atoms with Crippen LogP contribution in [0.5, 0.6) is 0 Å². The fourth-order valence-electron chi connectivity index (χ4n) is 4.22. The monoisotopic (exact) mass is 352 g/mol. The van der Waals surface area contributed by atoms with Crippen LogP contribution in [-0.2, 0) is 9.47 Å². The lowest BCUT2D eigenvalue weighted by atomic mass is 9.87. The molecule has 0 unspecified atom stereocenters. The predicted molar refractivity (Wildman–Crippen MR) is 106 cm³/mol. The van der Waals surface area contributed by atoms with Gasteiger partial charge in [0.25, 0.3) is 0 Å². The van der Waals surface area contributed by atoms with Gasteiger partial charge in [-0.1, -0.05) is 76.5 Å². The van der Waals surface area contributed by atoms with Gasteiger partial charge in [-0.2, -0.15) is 0 Å². The average Bonchev–Trinajstić information content (AvgIpc) is 2.64. The van der Waals surface area contributed by atoms with Crippen molar-refractivity contribution in [1.29, 1.82) is 0 Å². The molecule has 2 fully saturated rings. The summed E-state index contributed by atoms with van der Waals surface area (Å²) >= 11 is 0. The van der Waals surface area contributed by atoms with Gasteiger partial charge in [-0.05, 0) is 24.7 Å². The van der Waals surface area contributed by atoms with Crippen LogP contribution in [0.15, 0.2) is 12.3 Å². The lowest BCUT2D eigenvalue weighted by molar-refractivity contribution is 0.126. The molecule has 2 saturated carbocycles. The average molecular weight is 353 g/mol. The van der Waals surface area contributed by atoms with Crippen molar-refractivity contribution in [3.05, 3.63) is 12.3 Å². The summed E-state index contributed by atoms with van der Waals surface area (Å²) < 4.78 is 12.1. The van der Waals surface area contributed by atoms with E-state index in [-0.39, 0.29) is 0 Å². The first-order chi connectivity index (χ1) is 11.7. The van der Waals surface area contributed by atoms with Crippen molar-refractivity contribution in [1.82, 2.24) is 0 Å². The molecule has 0 aliphatic heterocycles. The van der Waals surface area contributed by atoms with Gasteiger partial charge in [-0.25, -0.2) is 0 Å². The molecule has 24 heavy (non-hydrogen) atoms. The van der Waals surface area contributed by atoms with Crippen LogP contribution in [0.4, 0.5) is 0 Å². The zero-order chi connectivity index (χ0) is 17.1. The molecule has 0 atom stereocenters. The molecule has 2 aliphatic carbocycles. The van der Waals surface area contributed by atoms with E-state index in [0.717, 1.165) is 37.5 Å². The molecule has 0 aromatic heterocycles. The Labute approximate surface area is 151 Å². The van der Waals surface area contributed by atoms with E-state index >= 15 is 0 Å². The first kappa shape index (κ1) is 20.2. The Kier molecular flexibility index (Phi) is 9.66. The van der Waals surface area contributed by atoms with Crippen molar-refractivity contribution in [3.8, 4) is 0 Å². The first-order valence-corrected chi connectivity index (χ1v) is 13.5. The standard InChI is InChI=1S/C21H40O2Si/c1-3-24(2,18-22-16-14-20-10-6-4-7-11-20)19-23-17-15-21-12-8-5-9-13-21/h3,20-21H,1,4-19H2,2H3. The Morgan fingerprint density at radius 1 is 0.792 bits per heavy atom. The zero-order valence-electron chi connectivity index (χ0n) is 16.1. The molecule has 0 radical (unpaired) electrons. The van der Waals surface area contributed by atoms with Gasteiger partial charge in [0.2, 0.25) is 0 Å². The van der Waals surface area contributed by atoms with Gasteiger partial charge in [0.05, 0.1) is 0 Å². The van der Waals surface area contributed by atoms with Crippen LogP contribution in [0.3, 0.4) is 0 Å². The van der Waals surface area contributed by atoms with Crippen LogP contribution in [0.1, 0.15) is 77.0 Å². The summed E-state index contributed by atoms with van der Waals surface area (Å²) in [7, 11) is -1.58. The lowest BCUT2D eigenvalue weighted by Gasteiger charge is -2.26. The fourth-order valence-corrected chi connectivity index (χ4v) is 5.76. The van der Waals surface area contributed by atoms with Crippen molar-refractivity contribution in [3.63, 3.8) is 0 Å². The topological polar surface area (TPSA) is 18.5 Å². The second kappa shape index (κ2) is 11.5. The van der Waals surface area contributed by atoms with Gasteiger partial charge < -0.3 is 9.47 Å². The van der Waals surface area contributed by atoms with E-state index in [2.05, 4.69) is 18.8 Å². The largest absolute Gasteiger partial charge is 0.384 e. The van der Waals surface area contributed by atoms with Gasteiger partial charge in [-0.3, -0.25) is 0 Å². The summed E-state index contributed by atoms with van der Waals surface area (Å²) in [6.07, 6.45) is 18.6. The second-order valence-electron chi connectivity index (χ2n) is 8.55. The van der Waals surface area contributed by atoms with Crippen LogP contribution in [0.2, 0.25) is 6.55 Å². The summed E-state index contributed by atoms with van der Waals surface area (Å²) in [6.45, 7) is 8.29. The third-order valence-electron chi connectivity index (χ3n) is 6.15. The Balaban J connectivity index is 1.53. The third kappa shape index (κ3) is 7.84. The molecule has 0 N–H and O–H groups in total. The summed E-state index contributed by atoms with van der Waals surface area (Å²) in [5.41, 5.74) is 2.16. The van der Waals surface area contributed by atoms with Gasteiger partial charge in [0.1, 0.15) is 8.07 Å². The molecule has 0 saturated heterocycles. The summed E-state index contributed by atoms with van der Waals surface area (Å²) in [5, 5.41) is 0. The van der Waals surface area contributed by atoms with E-state index in [1.165, 1.54) is 77.0 Å². The van der Waals surface area contributed by atoms with Crippen LogP contribution >= 0.6 is 0 Å². The molecule has 0 bridgehead atoms. The van der Waals surface area contributed by atoms with Crippen molar-refractivity contribution < 1.29 is 9.47 Å². The van der Waals surface area contributed by atoms with E-state index in [9.17, 15) is 0 Å². The highest BCUT2D eigenvalue weighted by Gasteiger charge is 2.25. The molecule has 2 nitrogen and oxygen atoms in total. The molecular weight excluding hydrogens is 312 g/mol. The Morgan fingerprint density at radius 2 is 1.21 bits per heavy atom. The van der Waals surface area contributed by atoms with Gasteiger partial charge in [0.15, 0.2) is 0 Å². The number of hydrogen-bond donors (Lipinski definition) is 0. The molecule has 2 aliphatic rings. The minimum atomic E-state index is -1.58. The van der Waals surface area contributed by atoms with Crippen molar-refractivity contribution >= 4 is 8.07 Å². The van der Waals surface area contributed by atoms with Crippen LogP contribution in [-0.4, -0.2) is 33.7 Å². The van der Waals surface area contributed by atoms with E-state index < -0.39 is 8.07 Å². The zero-order valence-corrected chi connectivity index (χ0v) is 17.1. The molecule has 0 aromatic carbocycles.